The number of carboxylic acid groups (broad SMARTS) is 1. The highest BCUT2D eigenvalue weighted by atomic mass is 16.4. The van der Waals surface area contributed by atoms with E-state index in [2.05, 4.69) is 24.0 Å². The molecular formula is C13H19NO2. The maximum atomic E-state index is 10.4. The van der Waals surface area contributed by atoms with Gasteiger partial charge in [0.2, 0.25) is 0 Å². The van der Waals surface area contributed by atoms with E-state index in [0.29, 0.717) is 6.42 Å². The lowest BCUT2D eigenvalue weighted by Gasteiger charge is -2.21. The van der Waals surface area contributed by atoms with Crippen molar-refractivity contribution in [2.75, 3.05) is 18.5 Å². The summed E-state index contributed by atoms with van der Waals surface area (Å²) in [7, 11) is 2.01. The van der Waals surface area contributed by atoms with Gasteiger partial charge >= 0.3 is 5.97 Å². The fourth-order valence-corrected chi connectivity index (χ4v) is 1.77. The van der Waals surface area contributed by atoms with Crippen LogP contribution in [0.1, 0.15) is 25.3 Å². The van der Waals surface area contributed by atoms with Gasteiger partial charge in [0.1, 0.15) is 0 Å². The van der Waals surface area contributed by atoms with Crippen LogP contribution >= 0.6 is 0 Å². The van der Waals surface area contributed by atoms with E-state index in [1.54, 1.807) is 0 Å². The predicted molar refractivity (Wildman–Crippen MR) is 66.0 cm³/mol. The normalized spacial score (nSPS) is 10.1. The van der Waals surface area contributed by atoms with E-state index >= 15 is 0 Å². The monoisotopic (exact) mass is 221 g/mol. The first-order valence-corrected chi connectivity index (χ1v) is 5.66. The van der Waals surface area contributed by atoms with Crippen LogP contribution in [0.3, 0.4) is 0 Å². The van der Waals surface area contributed by atoms with Gasteiger partial charge in [-0.05, 0) is 24.5 Å². The van der Waals surface area contributed by atoms with E-state index in [4.69, 9.17) is 5.11 Å². The Bertz CT molecular complexity index is 350. The number of carboxylic acids is 1. The second-order valence-corrected chi connectivity index (χ2v) is 3.90. The number of hydrogen-bond acceptors (Lipinski definition) is 2. The number of benzene rings is 1. The van der Waals surface area contributed by atoms with Gasteiger partial charge in [-0.3, -0.25) is 4.79 Å². The van der Waals surface area contributed by atoms with E-state index in [0.717, 1.165) is 13.0 Å². The van der Waals surface area contributed by atoms with Gasteiger partial charge in [-0.15, -0.1) is 0 Å². The molecule has 0 unspecified atom stereocenters. The maximum absolute atomic E-state index is 10.4. The average Bonchev–Trinajstić information content (AvgIpc) is 2.28. The van der Waals surface area contributed by atoms with Gasteiger partial charge < -0.3 is 10.0 Å². The summed E-state index contributed by atoms with van der Waals surface area (Å²) in [6.07, 6.45) is 1.92. The van der Waals surface area contributed by atoms with E-state index < -0.39 is 5.97 Å². The first kappa shape index (κ1) is 12.6. The summed E-state index contributed by atoms with van der Waals surface area (Å²) in [6.45, 7) is 2.91. The Morgan fingerprint density at radius 3 is 2.69 bits per heavy atom. The van der Waals surface area contributed by atoms with Crippen LogP contribution in [0.15, 0.2) is 24.3 Å². The molecule has 0 aliphatic carbocycles. The van der Waals surface area contributed by atoms with Crippen molar-refractivity contribution in [1.82, 2.24) is 0 Å². The van der Waals surface area contributed by atoms with Crippen LogP contribution in [0.2, 0.25) is 0 Å². The number of nitrogens with zero attached hydrogens (tertiary/aromatic N) is 1. The summed E-state index contributed by atoms with van der Waals surface area (Å²) in [5.74, 6) is -0.725. The number of para-hydroxylation sites is 1. The molecular weight excluding hydrogens is 202 g/mol. The van der Waals surface area contributed by atoms with Gasteiger partial charge in [0.15, 0.2) is 0 Å². The van der Waals surface area contributed by atoms with Crippen molar-refractivity contribution in [3.05, 3.63) is 29.8 Å². The molecule has 0 aliphatic heterocycles. The standard InChI is InChI=1S/C13H19NO2/c1-3-11-7-4-5-8-12(11)14(2)10-6-9-13(15)16/h4-5,7-8H,3,6,9-10H2,1-2H3,(H,15,16). The maximum Gasteiger partial charge on any atom is 0.303 e. The molecule has 0 spiro atoms. The molecule has 3 nitrogen and oxygen atoms in total. The number of rotatable bonds is 6. The molecule has 1 N–H and O–H groups in total. The molecule has 16 heavy (non-hydrogen) atoms. The molecule has 0 amide bonds. The summed E-state index contributed by atoms with van der Waals surface area (Å²) in [6, 6.07) is 8.25. The lowest BCUT2D eigenvalue weighted by atomic mass is 10.1. The van der Waals surface area contributed by atoms with Crippen LogP contribution < -0.4 is 4.90 Å². The fraction of sp³-hybridized carbons (Fsp3) is 0.462. The predicted octanol–water partition coefficient (Wildman–Crippen LogP) is 2.55. The third-order valence-corrected chi connectivity index (χ3v) is 2.67. The minimum atomic E-state index is -0.725. The molecule has 3 heteroatoms. The van der Waals surface area contributed by atoms with E-state index in [9.17, 15) is 4.79 Å². The Balaban J connectivity index is 2.58. The van der Waals surface area contributed by atoms with Crippen LogP contribution in [0.5, 0.6) is 0 Å². The van der Waals surface area contributed by atoms with Gasteiger partial charge in [-0.25, -0.2) is 0 Å². The highest BCUT2D eigenvalue weighted by molar-refractivity contribution is 5.66. The van der Waals surface area contributed by atoms with Gasteiger partial charge in [-0.1, -0.05) is 25.1 Å². The van der Waals surface area contributed by atoms with Crippen LogP contribution in [-0.4, -0.2) is 24.7 Å². The van der Waals surface area contributed by atoms with Gasteiger partial charge in [-0.2, -0.15) is 0 Å². The van der Waals surface area contributed by atoms with E-state index in [-0.39, 0.29) is 6.42 Å². The third kappa shape index (κ3) is 3.57. The van der Waals surface area contributed by atoms with Gasteiger partial charge in [0.25, 0.3) is 0 Å². The molecule has 0 fully saturated rings. The molecule has 0 heterocycles. The molecule has 0 aliphatic rings. The molecule has 1 aromatic rings. The van der Waals surface area contributed by atoms with Crippen LogP contribution in [0, 0.1) is 0 Å². The first-order valence-electron chi connectivity index (χ1n) is 5.66. The van der Waals surface area contributed by atoms with Crippen LogP contribution in [0.25, 0.3) is 0 Å². The second-order valence-electron chi connectivity index (χ2n) is 3.90. The van der Waals surface area contributed by atoms with Crippen molar-refractivity contribution in [2.24, 2.45) is 0 Å². The minimum absolute atomic E-state index is 0.235. The molecule has 88 valence electrons. The Kier molecular flexibility index (Phi) is 4.83. The summed E-state index contributed by atoms with van der Waals surface area (Å²) in [4.78, 5) is 12.5. The molecule has 0 bridgehead atoms. The van der Waals surface area contributed by atoms with E-state index in [1.165, 1.54) is 11.3 Å². The Labute approximate surface area is 96.7 Å². The second kappa shape index (κ2) is 6.16. The SMILES string of the molecule is CCc1ccccc1N(C)CCCC(=O)O. The molecule has 0 atom stereocenters. The van der Waals surface area contributed by atoms with Crippen molar-refractivity contribution in [2.45, 2.75) is 26.2 Å². The first-order chi connectivity index (χ1) is 7.65. The summed E-state index contributed by atoms with van der Waals surface area (Å²) in [5.41, 5.74) is 2.51. The van der Waals surface area contributed by atoms with E-state index in [1.807, 2.05) is 19.2 Å². The molecule has 1 aromatic carbocycles. The lowest BCUT2D eigenvalue weighted by Crippen LogP contribution is -2.20. The number of carbonyl (C=O) groups is 1. The zero-order chi connectivity index (χ0) is 12.0. The molecule has 0 aromatic heterocycles. The highest BCUT2D eigenvalue weighted by Crippen LogP contribution is 2.19. The van der Waals surface area contributed by atoms with Crippen molar-refractivity contribution in [3.63, 3.8) is 0 Å². The van der Waals surface area contributed by atoms with Crippen LogP contribution in [0.4, 0.5) is 5.69 Å². The Hall–Kier alpha value is -1.51. The topological polar surface area (TPSA) is 40.5 Å². The minimum Gasteiger partial charge on any atom is -0.481 e. The average molecular weight is 221 g/mol. The van der Waals surface area contributed by atoms with Gasteiger partial charge in [0.05, 0.1) is 0 Å². The summed E-state index contributed by atoms with van der Waals surface area (Å²) in [5, 5.41) is 8.58. The molecule has 0 saturated heterocycles. The fourth-order valence-electron chi connectivity index (χ4n) is 1.77. The van der Waals surface area contributed by atoms with Crippen molar-refractivity contribution in [3.8, 4) is 0 Å². The largest absolute Gasteiger partial charge is 0.481 e. The lowest BCUT2D eigenvalue weighted by molar-refractivity contribution is -0.137. The number of aliphatic carboxylic acids is 1. The number of aryl methyl sites for hydroxylation is 1. The van der Waals surface area contributed by atoms with Crippen molar-refractivity contribution < 1.29 is 9.90 Å². The molecule has 1 rings (SSSR count). The van der Waals surface area contributed by atoms with Crippen molar-refractivity contribution >= 4 is 11.7 Å². The summed E-state index contributed by atoms with van der Waals surface area (Å²) < 4.78 is 0. The van der Waals surface area contributed by atoms with Gasteiger partial charge in [0, 0.05) is 25.7 Å². The zero-order valence-corrected chi connectivity index (χ0v) is 9.94. The molecule has 0 radical (unpaired) electrons. The zero-order valence-electron chi connectivity index (χ0n) is 9.94. The smallest absolute Gasteiger partial charge is 0.303 e. The number of hydrogen-bond donors (Lipinski definition) is 1. The summed E-state index contributed by atoms with van der Waals surface area (Å²) >= 11 is 0. The van der Waals surface area contributed by atoms with Crippen LogP contribution in [-0.2, 0) is 11.2 Å². The molecule has 0 saturated carbocycles. The Morgan fingerprint density at radius 2 is 2.06 bits per heavy atom. The highest BCUT2D eigenvalue weighted by Gasteiger charge is 2.05. The quantitative estimate of drug-likeness (QED) is 0.802. The third-order valence-electron chi connectivity index (χ3n) is 2.67. The Morgan fingerprint density at radius 1 is 1.38 bits per heavy atom. The van der Waals surface area contributed by atoms with Crippen molar-refractivity contribution in [1.29, 1.82) is 0 Å². The number of anilines is 1.